The van der Waals surface area contributed by atoms with E-state index in [0.717, 1.165) is 24.0 Å². The van der Waals surface area contributed by atoms with Gasteiger partial charge >= 0.3 is 0 Å². The van der Waals surface area contributed by atoms with Gasteiger partial charge in [0.2, 0.25) is 5.91 Å². The highest BCUT2D eigenvalue weighted by Crippen LogP contribution is 2.44. The van der Waals surface area contributed by atoms with E-state index in [0.29, 0.717) is 34.5 Å². The summed E-state index contributed by atoms with van der Waals surface area (Å²) in [5, 5.41) is 2.80. The molecular formula is C23H21FN8O. The lowest BCUT2D eigenvalue weighted by Crippen LogP contribution is -2.34. The summed E-state index contributed by atoms with van der Waals surface area (Å²) < 4.78 is 15.3. The summed E-state index contributed by atoms with van der Waals surface area (Å²) in [7, 11) is 0. The number of nitrogens with two attached hydrogens (primary N) is 1. The number of halogens is 1. The SMILES string of the molecule is CC1(c2ccc(F)cn2)C(=O)Nc2nc(-c3cn4ccnc4c(CC4CCC4)n3)nc(N)c21. The Balaban J connectivity index is 1.46. The van der Waals surface area contributed by atoms with Crippen molar-refractivity contribution in [3.05, 3.63) is 59.7 Å². The maximum Gasteiger partial charge on any atom is 0.242 e. The van der Waals surface area contributed by atoms with Gasteiger partial charge < -0.3 is 15.5 Å². The molecule has 1 amide bonds. The van der Waals surface area contributed by atoms with Crippen molar-refractivity contribution in [1.82, 2.24) is 29.3 Å². The predicted molar refractivity (Wildman–Crippen MR) is 119 cm³/mol. The second kappa shape index (κ2) is 7.03. The zero-order chi connectivity index (χ0) is 22.7. The van der Waals surface area contributed by atoms with Crippen LogP contribution in [0.3, 0.4) is 0 Å². The van der Waals surface area contributed by atoms with Crippen LogP contribution in [-0.4, -0.2) is 35.2 Å². The average Bonchev–Trinajstić information content (AvgIpc) is 3.34. The quantitative estimate of drug-likeness (QED) is 0.496. The number of imidazole rings is 1. The number of amides is 1. The lowest BCUT2D eigenvalue weighted by Gasteiger charge is -2.25. The van der Waals surface area contributed by atoms with Crippen molar-refractivity contribution in [2.24, 2.45) is 5.92 Å². The van der Waals surface area contributed by atoms with Gasteiger partial charge in [0.25, 0.3) is 0 Å². The van der Waals surface area contributed by atoms with Crippen LogP contribution in [0, 0.1) is 11.7 Å². The number of hydrogen-bond acceptors (Lipinski definition) is 7. The molecule has 1 atom stereocenters. The zero-order valence-electron chi connectivity index (χ0n) is 17.9. The van der Waals surface area contributed by atoms with Gasteiger partial charge in [-0.15, -0.1) is 0 Å². The summed E-state index contributed by atoms with van der Waals surface area (Å²) in [5.74, 6) is 0.549. The molecule has 1 saturated carbocycles. The standard InChI is InChI=1S/C23H21FN8O/c1-23(16-6-5-13(24)10-27-16)17-18(25)29-19(30-20(17)31-22(23)33)15-11-32-8-7-26-21(32)14(28-15)9-12-3-2-4-12/h5-8,10-12H,2-4,9H2,1H3,(H3,25,29,30,31,33). The van der Waals surface area contributed by atoms with E-state index in [-0.39, 0.29) is 11.7 Å². The highest BCUT2D eigenvalue weighted by atomic mass is 19.1. The van der Waals surface area contributed by atoms with Gasteiger partial charge in [0.1, 0.15) is 28.6 Å². The molecule has 10 heteroatoms. The minimum atomic E-state index is -1.23. The maximum absolute atomic E-state index is 13.4. The zero-order valence-corrected chi connectivity index (χ0v) is 17.9. The monoisotopic (exact) mass is 444 g/mol. The maximum atomic E-state index is 13.4. The largest absolute Gasteiger partial charge is 0.383 e. The molecule has 2 aliphatic rings. The van der Waals surface area contributed by atoms with Crippen molar-refractivity contribution in [3.63, 3.8) is 0 Å². The molecule has 5 heterocycles. The predicted octanol–water partition coefficient (Wildman–Crippen LogP) is 2.90. The second-order valence-electron chi connectivity index (χ2n) is 8.83. The fraction of sp³-hybridized carbons (Fsp3) is 0.304. The van der Waals surface area contributed by atoms with Gasteiger partial charge in [-0.3, -0.25) is 9.78 Å². The van der Waals surface area contributed by atoms with E-state index in [1.165, 1.54) is 31.4 Å². The lowest BCUT2D eigenvalue weighted by molar-refractivity contribution is -0.119. The number of hydrogen-bond donors (Lipinski definition) is 2. The Morgan fingerprint density at radius 2 is 2.09 bits per heavy atom. The van der Waals surface area contributed by atoms with Crippen LogP contribution in [0.1, 0.15) is 43.1 Å². The van der Waals surface area contributed by atoms with Crippen molar-refractivity contribution in [2.75, 3.05) is 11.1 Å². The van der Waals surface area contributed by atoms with Crippen molar-refractivity contribution in [1.29, 1.82) is 0 Å². The van der Waals surface area contributed by atoms with E-state index in [9.17, 15) is 9.18 Å². The van der Waals surface area contributed by atoms with Gasteiger partial charge in [-0.2, -0.15) is 0 Å². The third kappa shape index (κ3) is 2.97. The molecule has 1 aliphatic carbocycles. The number of aromatic nitrogens is 6. The van der Waals surface area contributed by atoms with Gasteiger partial charge in [-0.1, -0.05) is 19.3 Å². The lowest BCUT2D eigenvalue weighted by atomic mass is 9.81. The van der Waals surface area contributed by atoms with E-state index in [2.05, 4.69) is 25.3 Å². The molecule has 0 saturated heterocycles. The van der Waals surface area contributed by atoms with Crippen molar-refractivity contribution in [2.45, 2.75) is 38.0 Å². The first-order chi connectivity index (χ1) is 15.9. The molecule has 0 spiro atoms. The van der Waals surface area contributed by atoms with Crippen LogP contribution in [0.25, 0.3) is 17.2 Å². The normalized spacial score (nSPS) is 20.0. The fourth-order valence-corrected chi connectivity index (χ4v) is 4.65. The topological polar surface area (TPSA) is 124 Å². The minimum Gasteiger partial charge on any atom is -0.383 e. The van der Waals surface area contributed by atoms with Crippen LogP contribution in [0.15, 0.2) is 36.9 Å². The first-order valence-electron chi connectivity index (χ1n) is 10.9. The molecule has 6 rings (SSSR count). The fourth-order valence-electron chi connectivity index (χ4n) is 4.65. The highest BCUT2D eigenvalue weighted by molar-refractivity contribution is 6.08. The summed E-state index contributed by atoms with van der Waals surface area (Å²) >= 11 is 0. The van der Waals surface area contributed by atoms with E-state index >= 15 is 0 Å². The number of carbonyl (C=O) groups is 1. The number of carbonyl (C=O) groups excluding carboxylic acids is 1. The van der Waals surface area contributed by atoms with Gasteiger partial charge in [-0.25, -0.2) is 24.3 Å². The van der Waals surface area contributed by atoms with Crippen molar-refractivity contribution < 1.29 is 9.18 Å². The molecule has 0 bridgehead atoms. The Hall–Kier alpha value is -3.95. The second-order valence-corrected chi connectivity index (χ2v) is 8.83. The van der Waals surface area contributed by atoms with Crippen molar-refractivity contribution >= 4 is 23.2 Å². The summed E-state index contributed by atoms with van der Waals surface area (Å²) in [6, 6.07) is 2.73. The van der Waals surface area contributed by atoms with Gasteiger partial charge in [0.15, 0.2) is 11.5 Å². The average molecular weight is 444 g/mol. The van der Waals surface area contributed by atoms with Gasteiger partial charge in [0, 0.05) is 18.6 Å². The van der Waals surface area contributed by atoms with Crippen LogP contribution >= 0.6 is 0 Å². The number of pyridine rings is 1. The molecular weight excluding hydrogens is 423 g/mol. The molecule has 33 heavy (non-hydrogen) atoms. The minimum absolute atomic E-state index is 0.148. The smallest absolute Gasteiger partial charge is 0.242 e. The summed E-state index contributed by atoms with van der Waals surface area (Å²) in [6.45, 7) is 1.68. The molecule has 1 fully saturated rings. The number of rotatable bonds is 4. The summed E-state index contributed by atoms with van der Waals surface area (Å²) in [6.07, 6.45) is 11.0. The van der Waals surface area contributed by atoms with E-state index in [4.69, 9.17) is 10.7 Å². The number of nitrogens with zero attached hydrogens (tertiary/aromatic N) is 6. The van der Waals surface area contributed by atoms with Gasteiger partial charge in [0.05, 0.1) is 23.1 Å². The molecule has 9 nitrogen and oxygen atoms in total. The van der Waals surface area contributed by atoms with Gasteiger partial charge in [-0.05, 0) is 31.4 Å². The first-order valence-corrected chi connectivity index (χ1v) is 10.9. The number of anilines is 2. The van der Waals surface area contributed by atoms with Crippen LogP contribution in [-0.2, 0) is 16.6 Å². The molecule has 0 aromatic carbocycles. The summed E-state index contributed by atoms with van der Waals surface area (Å²) in [4.78, 5) is 35.5. The van der Waals surface area contributed by atoms with E-state index < -0.39 is 11.2 Å². The van der Waals surface area contributed by atoms with E-state index in [1.54, 1.807) is 13.1 Å². The molecule has 166 valence electrons. The van der Waals surface area contributed by atoms with Crippen LogP contribution in [0.4, 0.5) is 16.0 Å². The number of nitrogens with one attached hydrogen (secondary N) is 1. The van der Waals surface area contributed by atoms with E-state index in [1.807, 2.05) is 16.8 Å². The van der Waals surface area contributed by atoms with Crippen LogP contribution in [0.5, 0.6) is 0 Å². The third-order valence-corrected chi connectivity index (χ3v) is 6.74. The third-order valence-electron chi connectivity index (χ3n) is 6.74. The van der Waals surface area contributed by atoms with Crippen molar-refractivity contribution in [3.8, 4) is 11.5 Å². The Kier molecular flexibility index (Phi) is 4.20. The first kappa shape index (κ1) is 19.7. The number of fused-ring (bicyclic) bond motifs is 2. The van der Waals surface area contributed by atoms with Crippen LogP contribution in [0.2, 0.25) is 0 Å². The molecule has 3 N–H and O–H groups in total. The highest BCUT2D eigenvalue weighted by Gasteiger charge is 2.48. The van der Waals surface area contributed by atoms with Crippen LogP contribution < -0.4 is 11.1 Å². The Morgan fingerprint density at radius 3 is 2.82 bits per heavy atom. The molecule has 4 aromatic heterocycles. The Morgan fingerprint density at radius 1 is 1.24 bits per heavy atom. The number of nitrogen functional groups attached to an aromatic ring is 1. The molecule has 1 aliphatic heterocycles. The molecule has 0 radical (unpaired) electrons. The Labute approximate surface area is 188 Å². The Bertz CT molecular complexity index is 1410. The summed E-state index contributed by atoms with van der Waals surface area (Å²) in [5.41, 5.74) is 8.19. The molecule has 1 unspecified atom stereocenters. The molecule has 4 aromatic rings.